The van der Waals surface area contributed by atoms with Gasteiger partial charge in [0.15, 0.2) is 10.7 Å². The summed E-state index contributed by atoms with van der Waals surface area (Å²) in [5.74, 6) is -0.287. The fourth-order valence-electron chi connectivity index (χ4n) is 2.60. The fourth-order valence-corrected chi connectivity index (χ4v) is 4.79. The zero-order chi connectivity index (χ0) is 25.2. The number of methoxy groups -OCH3 is 2. The van der Waals surface area contributed by atoms with E-state index in [9.17, 15) is 34.4 Å². The standard InChI is InChI=1S/C16H21N4O10S3.3Na/c1-10(32(23,24)25)20(11(2)33(26,27)28)12-5-7-13(8-6-12)31(21,22)19-14-9-15(29-3)18-16(17-14)30-4;;;/h5-11H,1-4H3,(H2-,17,18,19,23,24,25,26,27,28);;;/q-1;3*+1. The Kier molecular flexibility index (Phi) is 16.2. The molecule has 0 fully saturated rings. The molecular formula is C16H21N4Na3O10S3+2. The average Bonchev–Trinajstić information content (AvgIpc) is 2.72. The van der Waals surface area contributed by atoms with Crippen molar-refractivity contribution in [2.75, 3.05) is 19.1 Å². The van der Waals surface area contributed by atoms with Gasteiger partial charge in [-0.1, -0.05) is 0 Å². The van der Waals surface area contributed by atoms with Crippen LogP contribution in [0.2, 0.25) is 0 Å². The molecule has 0 aliphatic carbocycles. The first kappa shape index (κ1) is 38.4. The van der Waals surface area contributed by atoms with Crippen molar-refractivity contribution in [3.8, 4) is 11.9 Å². The molecule has 14 nitrogen and oxygen atoms in total. The van der Waals surface area contributed by atoms with Crippen molar-refractivity contribution in [2.45, 2.75) is 29.5 Å². The van der Waals surface area contributed by atoms with Crippen LogP contribution in [0.3, 0.4) is 0 Å². The molecule has 0 aliphatic heterocycles. The van der Waals surface area contributed by atoms with Crippen molar-refractivity contribution in [1.82, 2.24) is 9.97 Å². The van der Waals surface area contributed by atoms with E-state index >= 15 is 0 Å². The predicted molar refractivity (Wildman–Crippen MR) is 116 cm³/mol. The molecule has 1 heterocycles. The molecule has 2 atom stereocenters. The number of anilines is 1. The van der Waals surface area contributed by atoms with Crippen LogP contribution in [0, 0.1) is 0 Å². The van der Waals surface area contributed by atoms with Gasteiger partial charge in [-0.3, -0.25) is 9.11 Å². The van der Waals surface area contributed by atoms with Gasteiger partial charge >= 0.3 is 88.7 Å². The molecule has 0 aliphatic rings. The molecule has 2 aromatic rings. The van der Waals surface area contributed by atoms with Crippen LogP contribution < -0.4 is 103 Å². The Morgan fingerprint density at radius 2 is 1.31 bits per heavy atom. The average molecular weight is 595 g/mol. The summed E-state index contributed by atoms with van der Waals surface area (Å²) in [5.41, 5.74) is -0.116. The second kappa shape index (κ2) is 15.2. The number of nitrogens with zero attached hydrogens (tertiary/aromatic N) is 4. The molecule has 0 bridgehead atoms. The minimum Gasteiger partial charge on any atom is -0.483 e. The molecule has 0 saturated carbocycles. The monoisotopic (exact) mass is 594 g/mol. The van der Waals surface area contributed by atoms with Crippen molar-refractivity contribution in [1.29, 1.82) is 0 Å². The Labute approximate surface area is 276 Å². The third-order valence-electron chi connectivity index (χ3n) is 4.35. The van der Waals surface area contributed by atoms with Gasteiger partial charge in [0.25, 0.3) is 20.2 Å². The maximum Gasteiger partial charge on any atom is 1.00 e. The maximum absolute atomic E-state index is 12.7. The van der Waals surface area contributed by atoms with Gasteiger partial charge in [0, 0.05) is 11.8 Å². The van der Waals surface area contributed by atoms with Crippen molar-refractivity contribution >= 4 is 41.8 Å². The summed E-state index contributed by atoms with van der Waals surface area (Å²) in [6.07, 6.45) is 0. The van der Waals surface area contributed by atoms with Gasteiger partial charge < -0.3 is 24.1 Å². The second-order valence-electron chi connectivity index (χ2n) is 6.45. The molecule has 2 N–H and O–H groups in total. The van der Waals surface area contributed by atoms with E-state index in [-0.39, 0.29) is 117 Å². The summed E-state index contributed by atoms with van der Waals surface area (Å²) < 4.78 is 104. The molecule has 0 saturated heterocycles. The second-order valence-corrected chi connectivity index (χ2v) is 11.5. The number of ether oxygens (including phenoxy) is 2. The molecule has 1 aromatic carbocycles. The van der Waals surface area contributed by atoms with Crippen LogP contribution in [0.25, 0.3) is 4.72 Å². The Hall–Kier alpha value is 0.270. The summed E-state index contributed by atoms with van der Waals surface area (Å²) in [6, 6.07) is 5.21. The van der Waals surface area contributed by atoms with Crippen LogP contribution in [-0.2, 0) is 30.3 Å². The van der Waals surface area contributed by atoms with Gasteiger partial charge in [-0.15, -0.1) is 0 Å². The molecule has 0 amide bonds. The first-order chi connectivity index (χ1) is 15.1. The van der Waals surface area contributed by atoms with Crippen molar-refractivity contribution in [2.24, 2.45) is 0 Å². The van der Waals surface area contributed by atoms with Gasteiger partial charge in [0.2, 0.25) is 21.9 Å². The van der Waals surface area contributed by atoms with Crippen molar-refractivity contribution in [3.63, 3.8) is 0 Å². The van der Waals surface area contributed by atoms with Crippen molar-refractivity contribution in [3.05, 3.63) is 35.1 Å². The smallest absolute Gasteiger partial charge is 0.483 e. The zero-order valence-electron chi connectivity index (χ0n) is 20.7. The topological polar surface area (TPSA) is 204 Å². The first-order valence-corrected chi connectivity index (χ1v) is 13.3. The van der Waals surface area contributed by atoms with E-state index in [1.54, 1.807) is 0 Å². The number of aromatic nitrogens is 2. The van der Waals surface area contributed by atoms with Crippen LogP contribution in [0.15, 0.2) is 35.2 Å². The number of rotatable bonds is 10. The van der Waals surface area contributed by atoms with Gasteiger partial charge in [-0.2, -0.15) is 21.8 Å². The summed E-state index contributed by atoms with van der Waals surface area (Å²) in [5, 5.41) is -3.58. The summed E-state index contributed by atoms with van der Waals surface area (Å²) in [6.45, 7) is 1.99. The van der Waals surface area contributed by atoms with Crippen LogP contribution in [0.1, 0.15) is 13.8 Å². The van der Waals surface area contributed by atoms with E-state index in [0.717, 1.165) is 44.2 Å². The Morgan fingerprint density at radius 1 is 0.833 bits per heavy atom. The largest absolute Gasteiger partial charge is 1.00 e. The van der Waals surface area contributed by atoms with Crippen LogP contribution in [0.4, 0.5) is 11.5 Å². The molecule has 0 radical (unpaired) electrons. The number of sulfonamides is 1. The van der Waals surface area contributed by atoms with E-state index in [1.165, 1.54) is 14.2 Å². The van der Waals surface area contributed by atoms with Crippen LogP contribution in [-0.4, -0.2) is 69.3 Å². The first-order valence-electron chi connectivity index (χ1n) is 8.86. The number of hydrogen-bond acceptors (Lipinski definition) is 11. The molecule has 184 valence electrons. The molecule has 1 aromatic heterocycles. The molecule has 36 heavy (non-hydrogen) atoms. The normalized spacial score (nSPS) is 13.1. The van der Waals surface area contributed by atoms with E-state index in [1.807, 2.05) is 0 Å². The maximum atomic E-state index is 12.7. The van der Waals surface area contributed by atoms with Crippen LogP contribution in [0.5, 0.6) is 11.9 Å². The van der Waals surface area contributed by atoms with Crippen LogP contribution >= 0.6 is 0 Å². The van der Waals surface area contributed by atoms with Gasteiger partial charge in [-0.25, -0.2) is 8.42 Å². The van der Waals surface area contributed by atoms with E-state index in [2.05, 4.69) is 14.7 Å². The summed E-state index contributed by atoms with van der Waals surface area (Å²) in [7, 11) is -11.3. The summed E-state index contributed by atoms with van der Waals surface area (Å²) in [4.78, 5) is 7.97. The van der Waals surface area contributed by atoms with E-state index in [0.29, 0.717) is 4.90 Å². The van der Waals surface area contributed by atoms with E-state index < -0.39 is 41.0 Å². The molecule has 20 heteroatoms. The van der Waals surface area contributed by atoms with Crippen molar-refractivity contribution < 1.29 is 133 Å². The third kappa shape index (κ3) is 10.1. The summed E-state index contributed by atoms with van der Waals surface area (Å²) >= 11 is 0. The Morgan fingerprint density at radius 3 is 1.69 bits per heavy atom. The minimum absolute atomic E-state index is 0. The molecule has 0 spiro atoms. The Balaban J connectivity index is 0. The third-order valence-corrected chi connectivity index (χ3v) is 7.83. The molecule has 2 unspecified atom stereocenters. The predicted octanol–water partition coefficient (Wildman–Crippen LogP) is -7.83. The zero-order valence-corrected chi connectivity index (χ0v) is 29.2. The minimum atomic E-state index is -4.77. The fraction of sp³-hybridized carbons (Fsp3) is 0.375. The van der Waals surface area contributed by atoms with Gasteiger partial charge in [0.05, 0.1) is 19.1 Å². The molecule has 2 rings (SSSR count). The number of benzene rings is 1. The number of hydrogen-bond donors (Lipinski definition) is 2. The van der Waals surface area contributed by atoms with E-state index in [4.69, 9.17) is 9.47 Å². The quantitative estimate of drug-likeness (QED) is 0.194. The molecular weight excluding hydrogens is 573 g/mol. The van der Waals surface area contributed by atoms with Gasteiger partial charge in [0.1, 0.15) is 0 Å². The Bertz CT molecular complexity index is 1270. The SMILES string of the molecule is COc1cc([N-]S(=O)(=O)c2ccc(N(C(C)S(=O)(=O)O)C(C)S(=O)(=O)O)cc2)nc(OC)n1.[Na+].[Na+].[Na+]. The van der Waals surface area contributed by atoms with Gasteiger partial charge in [-0.05, 0) is 43.9 Å².